The molecule has 0 aromatic heterocycles. The van der Waals surface area contributed by atoms with Gasteiger partial charge in [0.05, 0.1) is 6.61 Å². The third-order valence-electron chi connectivity index (χ3n) is 3.32. The molecule has 1 aromatic rings. The summed E-state index contributed by atoms with van der Waals surface area (Å²) in [6, 6.07) is 8.76. The highest BCUT2D eigenvalue weighted by Crippen LogP contribution is 2.20. The number of ether oxygens (including phenoxy) is 1. The molecule has 0 aliphatic carbocycles. The highest BCUT2D eigenvalue weighted by atomic mass is 32.2. The van der Waals surface area contributed by atoms with Gasteiger partial charge in [0.1, 0.15) is 0 Å². The van der Waals surface area contributed by atoms with E-state index in [4.69, 9.17) is 4.74 Å². The van der Waals surface area contributed by atoms with E-state index >= 15 is 0 Å². The van der Waals surface area contributed by atoms with Gasteiger partial charge in [-0.05, 0) is 43.7 Å². The molecule has 1 unspecified atom stereocenters. The fourth-order valence-corrected chi connectivity index (χ4v) is 2.54. The van der Waals surface area contributed by atoms with Crippen molar-refractivity contribution in [3.8, 4) is 0 Å². The van der Waals surface area contributed by atoms with Crippen LogP contribution in [0.2, 0.25) is 0 Å². The van der Waals surface area contributed by atoms with Gasteiger partial charge in [-0.2, -0.15) is 0 Å². The third-order valence-corrected chi connectivity index (χ3v) is 4.06. The molecule has 0 amide bonds. The SMILES string of the molecule is CSc1ccc(CNC2(C)CCCOC2)cc1. The van der Waals surface area contributed by atoms with Gasteiger partial charge < -0.3 is 10.1 Å². The highest BCUT2D eigenvalue weighted by Gasteiger charge is 2.26. The minimum atomic E-state index is 0.149. The van der Waals surface area contributed by atoms with Crippen LogP contribution < -0.4 is 5.32 Å². The van der Waals surface area contributed by atoms with Gasteiger partial charge >= 0.3 is 0 Å². The first kappa shape index (κ1) is 12.9. The Bertz CT molecular complexity index is 344. The molecule has 2 nitrogen and oxygen atoms in total. The predicted octanol–water partition coefficient (Wildman–Crippen LogP) is 3.07. The number of thioether (sulfide) groups is 1. The average molecular weight is 251 g/mol. The second-order valence-corrected chi connectivity index (χ2v) is 5.80. The van der Waals surface area contributed by atoms with E-state index in [0.717, 1.165) is 26.2 Å². The maximum Gasteiger partial charge on any atom is 0.0645 e. The molecule has 0 spiro atoms. The number of hydrogen-bond acceptors (Lipinski definition) is 3. The number of nitrogens with one attached hydrogen (secondary N) is 1. The summed E-state index contributed by atoms with van der Waals surface area (Å²) in [5, 5.41) is 3.62. The quantitative estimate of drug-likeness (QED) is 0.831. The molecule has 0 radical (unpaired) electrons. The van der Waals surface area contributed by atoms with E-state index in [9.17, 15) is 0 Å². The van der Waals surface area contributed by atoms with Crippen LogP contribution in [-0.2, 0) is 11.3 Å². The zero-order chi connectivity index (χ0) is 12.1. The predicted molar refractivity (Wildman–Crippen MR) is 73.5 cm³/mol. The molecule has 1 aliphatic heterocycles. The monoisotopic (exact) mass is 251 g/mol. The summed E-state index contributed by atoms with van der Waals surface area (Å²) in [5.74, 6) is 0. The van der Waals surface area contributed by atoms with Crippen LogP contribution in [0.4, 0.5) is 0 Å². The molecule has 1 N–H and O–H groups in total. The van der Waals surface area contributed by atoms with Crippen molar-refractivity contribution >= 4 is 11.8 Å². The first-order valence-corrected chi connectivity index (χ1v) is 7.40. The van der Waals surface area contributed by atoms with E-state index < -0.39 is 0 Å². The fraction of sp³-hybridized carbons (Fsp3) is 0.571. The van der Waals surface area contributed by atoms with E-state index in [1.54, 1.807) is 11.8 Å². The summed E-state index contributed by atoms with van der Waals surface area (Å²) >= 11 is 1.78. The van der Waals surface area contributed by atoms with E-state index in [1.807, 2.05) is 0 Å². The van der Waals surface area contributed by atoms with Gasteiger partial charge in [-0.25, -0.2) is 0 Å². The summed E-state index contributed by atoms with van der Waals surface area (Å²) in [6.07, 6.45) is 4.47. The van der Waals surface area contributed by atoms with Crippen molar-refractivity contribution in [2.45, 2.75) is 36.7 Å². The van der Waals surface area contributed by atoms with Crippen LogP contribution in [0.25, 0.3) is 0 Å². The number of rotatable bonds is 4. The number of benzene rings is 1. The van der Waals surface area contributed by atoms with Gasteiger partial charge in [-0.1, -0.05) is 12.1 Å². The lowest BCUT2D eigenvalue weighted by molar-refractivity contribution is 0.0278. The Morgan fingerprint density at radius 2 is 2.12 bits per heavy atom. The van der Waals surface area contributed by atoms with Gasteiger partial charge in [-0.3, -0.25) is 0 Å². The molecule has 1 heterocycles. The van der Waals surface area contributed by atoms with Crippen molar-refractivity contribution in [1.82, 2.24) is 5.32 Å². The Labute approximate surface area is 108 Å². The van der Waals surface area contributed by atoms with Crippen molar-refractivity contribution in [2.24, 2.45) is 0 Å². The van der Waals surface area contributed by atoms with Crippen LogP contribution in [0.15, 0.2) is 29.2 Å². The molecule has 1 fully saturated rings. The Morgan fingerprint density at radius 1 is 1.35 bits per heavy atom. The summed E-state index contributed by atoms with van der Waals surface area (Å²) in [4.78, 5) is 1.32. The topological polar surface area (TPSA) is 21.3 Å². The fourth-order valence-electron chi connectivity index (χ4n) is 2.13. The summed E-state index contributed by atoms with van der Waals surface area (Å²) < 4.78 is 5.54. The maximum absolute atomic E-state index is 5.54. The molecule has 1 saturated heterocycles. The zero-order valence-corrected chi connectivity index (χ0v) is 11.5. The van der Waals surface area contributed by atoms with E-state index in [1.165, 1.54) is 16.9 Å². The van der Waals surface area contributed by atoms with E-state index in [-0.39, 0.29) is 5.54 Å². The van der Waals surface area contributed by atoms with Crippen LogP contribution >= 0.6 is 11.8 Å². The van der Waals surface area contributed by atoms with Crippen molar-refractivity contribution in [1.29, 1.82) is 0 Å². The Balaban J connectivity index is 1.87. The Morgan fingerprint density at radius 3 is 2.71 bits per heavy atom. The van der Waals surface area contributed by atoms with Crippen molar-refractivity contribution in [3.05, 3.63) is 29.8 Å². The summed E-state index contributed by atoms with van der Waals surface area (Å²) in [5.41, 5.74) is 1.49. The molecule has 0 saturated carbocycles. The molecule has 17 heavy (non-hydrogen) atoms. The molecule has 1 aliphatic rings. The van der Waals surface area contributed by atoms with Gasteiger partial charge in [0.2, 0.25) is 0 Å². The highest BCUT2D eigenvalue weighted by molar-refractivity contribution is 7.98. The molecule has 94 valence electrons. The molecule has 0 bridgehead atoms. The molecular formula is C14H21NOS. The van der Waals surface area contributed by atoms with Crippen molar-refractivity contribution in [2.75, 3.05) is 19.5 Å². The van der Waals surface area contributed by atoms with Gasteiger partial charge in [0, 0.05) is 23.6 Å². The number of hydrogen-bond donors (Lipinski definition) is 1. The maximum atomic E-state index is 5.54. The first-order valence-electron chi connectivity index (χ1n) is 6.18. The van der Waals surface area contributed by atoms with Crippen LogP contribution in [0.5, 0.6) is 0 Å². The van der Waals surface area contributed by atoms with Gasteiger partial charge in [0.15, 0.2) is 0 Å². The van der Waals surface area contributed by atoms with Crippen LogP contribution in [-0.4, -0.2) is 25.0 Å². The minimum absolute atomic E-state index is 0.149. The summed E-state index contributed by atoms with van der Waals surface area (Å²) in [6.45, 7) is 4.92. The van der Waals surface area contributed by atoms with Crippen LogP contribution in [0.1, 0.15) is 25.3 Å². The Kier molecular flexibility index (Phi) is 4.48. The lowest BCUT2D eigenvalue weighted by atomic mass is 9.94. The van der Waals surface area contributed by atoms with E-state index in [2.05, 4.69) is 42.8 Å². The van der Waals surface area contributed by atoms with E-state index in [0.29, 0.717) is 0 Å². The largest absolute Gasteiger partial charge is 0.380 e. The second kappa shape index (κ2) is 5.89. The molecule has 2 rings (SSSR count). The van der Waals surface area contributed by atoms with Gasteiger partial charge in [-0.15, -0.1) is 11.8 Å². The lowest BCUT2D eigenvalue weighted by Gasteiger charge is -2.34. The first-order chi connectivity index (χ1) is 8.22. The molecule has 1 atom stereocenters. The normalized spacial score (nSPS) is 24.8. The van der Waals surface area contributed by atoms with Crippen LogP contribution in [0.3, 0.4) is 0 Å². The van der Waals surface area contributed by atoms with Gasteiger partial charge in [0.25, 0.3) is 0 Å². The Hall–Kier alpha value is -0.510. The average Bonchev–Trinajstić information content (AvgIpc) is 2.38. The molecule has 1 aromatic carbocycles. The standard InChI is InChI=1S/C14H21NOS/c1-14(8-3-9-16-11-14)15-10-12-4-6-13(17-2)7-5-12/h4-7,15H,3,8-11H2,1-2H3. The van der Waals surface area contributed by atoms with Crippen molar-refractivity contribution in [3.63, 3.8) is 0 Å². The smallest absolute Gasteiger partial charge is 0.0645 e. The van der Waals surface area contributed by atoms with Crippen molar-refractivity contribution < 1.29 is 4.74 Å². The van der Waals surface area contributed by atoms with Crippen LogP contribution in [0, 0.1) is 0 Å². The molecular weight excluding hydrogens is 230 g/mol. The second-order valence-electron chi connectivity index (χ2n) is 4.92. The lowest BCUT2D eigenvalue weighted by Crippen LogP contribution is -2.48. The third kappa shape index (κ3) is 3.73. The summed E-state index contributed by atoms with van der Waals surface area (Å²) in [7, 11) is 0. The zero-order valence-electron chi connectivity index (χ0n) is 10.7. The minimum Gasteiger partial charge on any atom is -0.380 e. The molecule has 3 heteroatoms.